The predicted octanol–water partition coefficient (Wildman–Crippen LogP) is 4.39. The number of aromatic nitrogens is 6. The van der Waals surface area contributed by atoms with Gasteiger partial charge in [0.25, 0.3) is 11.1 Å². The Hall–Kier alpha value is -4.42. The van der Waals surface area contributed by atoms with Crippen LogP contribution in [0.1, 0.15) is 54.2 Å². The molecule has 7 rings (SSSR count). The number of anilines is 2. The lowest BCUT2D eigenvalue weighted by molar-refractivity contribution is -0.0660. The van der Waals surface area contributed by atoms with Crippen molar-refractivity contribution in [3.63, 3.8) is 0 Å². The zero-order valence-electron chi connectivity index (χ0n) is 24.6. The summed E-state index contributed by atoms with van der Waals surface area (Å²) < 4.78 is 11.0. The maximum absolute atomic E-state index is 13.7. The number of hydrogen-bond donors (Lipinski definition) is 1. The van der Waals surface area contributed by atoms with Gasteiger partial charge < -0.3 is 14.6 Å². The zero-order valence-corrected chi connectivity index (χ0v) is 25.4. The van der Waals surface area contributed by atoms with Crippen molar-refractivity contribution in [1.29, 1.82) is 0 Å². The molecule has 0 spiro atoms. The number of aldehydes is 1. The Morgan fingerprint density at radius 3 is 2.72 bits per heavy atom. The number of fused-ring (bicyclic) bond motifs is 4. The summed E-state index contributed by atoms with van der Waals surface area (Å²) in [5.74, 6) is 0.660. The van der Waals surface area contributed by atoms with Gasteiger partial charge in [-0.25, -0.2) is 4.98 Å². The molecule has 0 saturated heterocycles. The fraction of sp³-hybridized carbons (Fsp3) is 0.355. The molecule has 6 heterocycles. The molecule has 0 aromatic carbocycles. The van der Waals surface area contributed by atoms with Gasteiger partial charge in [0.2, 0.25) is 0 Å². The van der Waals surface area contributed by atoms with E-state index in [9.17, 15) is 14.4 Å². The Bertz CT molecular complexity index is 2080. The third-order valence-electron chi connectivity index (χ3n) is 8.16. The van der Waals surface area contributed by atoms with E-state index >= 15 is 0 Å². The van der Waals surface area contributed by atoms with Crippen LogP contribution < -0.4 is 16.4 Å². The standard InChI is InChI=1S/C31H31N7O4S/c1-30(2)10-20-21-12-33-38(29(41)26(21)43-24(20)11-30)27-22(14-39)19(6-7-32-27)17-8-23(28(40)36(5)13-17)34-25-9-18-15-42-31(3,4)16-37(18)35-25/h6-9,12-14H,10-11,15-16H2,1-5H3,(H,34,35). The van der Waals surface area contributed by atoms with E-state index in [-0.39, 0.29) is 33.5 Å². The number of ether oxygens (including phenoxy) is 1. The summed E-state index contributed by atoms with van der Waals surface area (Å²) in [4.78, 5) is 45.0. The molecule has 1 aliphatic heterocycles. The molecule has 11 nitrogen and oxygen atoms in total. The minimum absolute atomic E-state index is 0.140. The van der Waals surface area contributed by atoms with E-state index in [0.717, 1.165) is 23.9 Å². The summed E-state index contributed by atoms with van der Waals surface area (Å²) in [6.07, 6.45) is 7.40. The Morgan fingerprint density at radius 2 is 1.93 bits per heavy atom. The molecule has 43 heavy (non-hydrogen) atoms. The van der Waals surface area contributed by atoms with Crippen LogP contribution in [0.5, 0.6) is 0 Å². The number of pyridine rings is 2. The average molecular weight is 598 g/mol. The van der Waals surface area contributed by atoms with Gasteiger partial charge in [-0.3, -0.25) is 19.1 Å². The zero-order chi connectivity index (χ0) is 30.3. The number of thiophene rings is 1. The van der Waals surface area contributed by atoms with Gasteiger partial charge in [-0.15, -0.1) is 11.3 Å². The monoisotopic (exact) mass is 597 g/mol. The second-order valence-corrected chi connectivity index (χ2v) is 13.9. The first-order valence-corrected chi connectivity index (χ1v) is 14.9. The Balaban J connectivity index is 1.29. The van der Waals surface area contributed by atoms with Gasteiger partial charge >= 0.3 is 0 Å². The smallest absolute Gasteiger partial charge is 0.290 e. The molecule has 0 unspecified atom stereocenters. The van der Waals surface area contributed by atoms with Gasteiger partial charge in [0.05, 0.1) is 36.2 Å². The number of rotatable bonds is 5. The van der Waals surface area contributed by atoms with Gasteiger partial charge in [0.1, 0.15) is 10.4 Å². The highest BCUT2D eigenvalue weighted by atomic mass is 32.1. The molecule has 0 atom stereocenters. The fourth-order valence-electron chi connectivity index (χ4n) is 6.08. The third-order valence-corrected chi connectivity index (χ3v) is 9.40. The first kappa shape index (κ1) is 27.4. The summed E-state index contributed by atoms with van der Waals surface area (Å²) in [5.41, 5.74) is 2.96. The molecular weight excluding hydrogens is 566 g/mol. The van der Waals surface area contributed by atoms with Gasteiger partial charge in [-0.05, 0) is 55.4 Å². The molecule has 220 valence electrons. The minimum atomic E-state index is -0.335. The van der Waals surface area contributed by atoms with Crippen LogP contribution in [0, 0.1) is 5.41 Å². The van der Waals surface area contributed by atoms with E-state index in [2.05, 4.69) is 34.3 Å². The van der Waals surface area contributed by atoms with Crippen LogP contribution in [0.15, 0.2) is 46.4 Å². The first-order valence-electron chi connectivity index (χ1n) is 14.1. The lowest BCUT2D eigenvalue weighted by atomic mass is 9.90. The number of nitrogens with zero attached hydrogens (tertiary/aromatic N) is 6. The van der Waals surface area contributed by atoms with E-state index in [1.54, 1.807) is 31.6 Å². The van der Waals surface area contributed by atoms with Crippen LogP contribution in [-0.4, -0.2) is 41.0 Å². The van der Waals surface area contributed by atoms with Gasteiger partial charge in [0.15, 0.2) is 17.9 Å². The van der Waals surface area contributed by atoms with Crippen molar-refractivity contribution in [3.05, 3.63) is 79.2 Å². The van der Waals surface area contributed by atoms with Crippen molar-refractivity contribution in [1.82, 2.24) is 29.1 Å². The molecule has 0 radical (unpaired) electrons. The number of aryl methyl sites for hydroxylation is 1. The van der Waals surface area contributed by atoms with Crippen LogP contribution in [-0.2, 0) is 37.8 Å². The maximum Gasteiger partial charge on any atom is 0.290 e. The highest BCUT2D eigenvalue weighted by Gasteiger charge is 2.33. The molecule has 2 aliphatic rings. The van der Waals surface area contributed by atoms with Gasteiger partial charge in [0, 0.05) is 41.3 Å². The van der Waals surface area contributed by atoms with E-state index in [0.29, 0.717) is 46.8 Å². The van der Waals surface area contributed by atoms with Gasteiger partial charge in [-0.2, -0.15) is 14.9 Å². The lowest BCUT2D eigenvalue weighted by Gasteiger charge is -2.30. The van der Waals surface area contributed by atoms with Crippen LogP contribution >= 0.6 is 11.3 Å². The number of carbonyl (C=O) groups is 1. The molecule has 0 saturated carbocycles. The fourth-order valence-corrected chi connectivity index (χ4v) is 7.55. The van der Waals surface area contributed by atoms with Crippen molar-refractivity contribution in [2.45, 2.75) is 59.3 Å². The Kier molecular flexibility index (Phi) is 6.09. The summed E-state index contributed by atoms with van der Waals surface area (Å²) >= 11 is 1.50. The van der Waals surface area contributed by atoms with Gasteiger partial charge in [-0.1, -0.05) is 13.8 Å². The van der Waals surface area contributed by atoms with Crippen LogP contribution in [0.3, 0.4) is 0 Å². The number of nitrogens with one attached hydrogen (secondary N) is 1. The maximum atomic E-state index is 13.7. The Labute approximate surface area is 250 Å². The summed E-state index contributed by atoms with van der Waals surface area (Å²) in [7, 11) is 1.64. The van der Waals surface area contributed by atoms with Crippen molar-refractivity contribution in [2.75, 3.05) is 5.32 Å². The molecule has 5 aromatic rings. The van der Waals surface area contributed by atoms with Crippen LogP contribution in [0.2, 0.25) is 0 Å². The van der Waals surface area contributed by atoms with E-state index in [1.165, 1.54) is 37.2 Å². The quantitative estimate of drug-likeness (QED) is 0.296. The summed E-state index contributed by atoms with van der Waals surface area (Å²) in [6, 6.07) is 5.23. The van der Waals surface area contributed by atoms with E-state index < -0.39 is 0 Å². The molecular formula is C31H31N7O4S. The van der Waals surface area contributed by atoms with Crippen molar-refractivity contribution < 1.29 is 9.53 Å². The molecule has 0 amide bonds. The third kappa shape index (κ3) is 4.61. The van der Waals surface area contributed by atoms with Crippen LogP contribution in [0.25, 0.3) is 27.0 Å². The highest BCUT2D eigenvalue weighted by molar-refractivity contribution is 7.19. The van der Waals surface area contributed by atoms with Crippen molar-refractivity contribution >= 4 is 39.2 Å². The second kappa shape index (κ2) is 9.55. The topological polar surface area (TPSA) is 126 Å². The molecule has 12 heteroatoms. The second-order valence-electron chi connectivity index (χ2n) is 12.7. The van der Waals surface area contributed by atoms with E-state index in [1.807, 2.05) is 24.6 Å². The van der Waals surface area contributed by atoms with Crippen molar-refractivity contribution in [3.8, 4) is 16.9 Å². The average Bonchev–Trinajstić information content (AvgIpc) is 3.59. The number of hydrogen-bond acceptors (Lipinski definition) is 9. The summed E-state index contributed by atoms with van der Waals surface area (Å²) in [5, 5.41) is 13.1. The SMILES string of the molecule is Cn1cc(-c2ccnc(-n3ncc4c5c(sc4c3=O)CC(C)(C)C5)c2C=O)cc(Nc2cc3n(n2)CC(C)(C)OC3)c1=O. The highest BCUT2D eigenvalue weighted by Crippen LogP contribution is 2.43. The molecule has 5 aromatic heterocycles. The molecule has 0 fully saturated rings. The normalized spacial score (nSPS) is 16.7. The Morgan fingerprint density at radius 1 is 1.12 bits per heavy atom. The minimum Gasteiger partial charge on any atom is -0.367 e. The van der Waals surface area contributed by atoms with Crippen LogP contribution in [0.4, 0.5) is 11.5 Å². The largest absolute Gasteiger partial charge is 0.367 e. The molecule has 1 N–H and O–H groups in total. The first-order chi connectivity index (χ1) is 20.4. The van der Waals surface area contributed by atoms with E-state index in [4.69, 9.17) is 4.74 Å². The molecule has 1 aliphatic carbocycles. The van der Waals surface area contributed by atoms with Crippen molar-refractivity contribution in [2.24, 2.45) is 12.5 Å². The lowest BCUT2D eigenvalue weighted by Crippen LogP contribution is -2.36. The molecule has 0 bridgehead atoms. The predicted molar refractivity (Wildman–Crippen MR) is 165 cm³/mol. The number of carbonyl (C=O) groups excluding carboxylic acids is 1. The summed E-state index contributed by atoms with van der Waals surface area (Å²) in [6.45, 7) is 9.48.